The minimum Gasteiger partial charge on any atom is -0.277 e. The summed E-state index contributed by atoms with van der Waals surface area (Å²) in [6.07, 6.45) is 7.28. The summed E-state index contributed by atoms with van der Waals surface area (Å²) in [6, 6.07) is 1.90. The molecule has 3 aromatic heterocycles. The zero-order valence-electron chi connectivity index (χ0n) is 8.18. The summed E-state index contributed by atoms with van der Waals surface area (Å²) in [5, 5.41) is 12.4. The zero-order chi connectivity index (χ0) is 10.3. The Morgan fingerprint density at radius 2 is 2.27 bits per heavy atom. The van der Waals surface area contributed by atoms with Crippen LogP contribution in [0.4, 0.5) is 0 Å². The summed E-state index contributed by atoms with van der Waals surface area (Å²) in [5.41, 5.74) is 2.88. The van der Waals surface area contributed by atoms with Gasteiger partial charge in [-0.15, -0.1) is 0 Å². The summed E-state index contributed by atoms with van der Waals surface area (Å²) >= 11 is 0. The minimum atomic E-state index is 0.895. The third-order valence-electron chi connectivity index (χ3n) is 2.34. The van der Waals surface area contributed by atoms with Crippen LogP contribution in [-0.4, -0.2) is 25.0 Å². The second kappa shape index (κ2) is 2.91. The first-order chi connectivity index (χ1) is 7.34. The second-order valence-electron chi connectivity index (χ2n) is 3.40. The number of aromatic amines is 1. The van der Waals surface area contributed by atoms with E-state index in [-0.39, 0.29) is 0 Å². The van der Waals surface area contributed by atoms with Gasteiger partial charge in [0.15, 0.2) is 0 Å². The first kappa shape index (κ1) is 8.16. The van der Waals surface area contributed by atoms with Crippen LogP contribution in [0.1, 0.15) is 0 Å². The Morgan fingerprint density at radius 3 is 3.07 bits per heavy atom. The Kier molecular flexibility index (Phi) is 1.58. The Labute approximate surface area is 85.8 Å². The van der Waals surface area contributed by atoms with Gasteiger partial charge in [0.25, 0.3) is 0 Å². The molecular formula is C10H9N5. The van der Waals surface area contributed by atoms with Crippen molar-refractivity contribution in [1.29, 1.82) is 0 Å². The Hall–Kier alpha value is -2.17. The van der Waals surface area contributed by atoms with E-state index in [9.17, 15) is 0 Å². The SMILES string of the molecule is Cn1cc(-c2n[nH]c3ccncc23)cn1. The summed E-state index contributed by atoms with van der Waals surface area (Å²) in [4.78, 5) is 4.09. The molecule has 5 nitrogen and oxygen atoms in total. The number of hydrogen-bond donors (Lipinski definition) is 1. The molecule has 3 heterocycles. The van der Waals surface area contributed by atoms with Crippen molar-refractivity contribution >= 4 is 10.9 Å². The van der Waals surface area contributed by atoms with Gasteiger partial charge in [-0.3, -0.25) is 14.8 Å². The van der Waals surface area contributed by atoms with Crippen LogP contribution in [0.15, 0.2) is 30.9 Å². The van der Waals surface area contributed by atoms with Gasteiger partial charge in [0.2, 0.25) is 0 Å². The number of aromatic nitrogens is 5. The molecule has 0 fully saturated rings. The number of fused-ring (bicyclic) bond motifs is 1. The average molecular weight is 199 g/mol. The van der Waals surface area contributed by atoms with Crippen LogP contribution >= 0.6 is 0 Å². The van der Waals surface area contributed by atoms with Crippen LogP contribution in [0.25, 0.3) is 22.2 Å². The van der Waals surface area contributed by atoms with Gasteiger partial charge in [-0.05, 0) is 6.07 Å². The molecule has 0 spiro atoms. The lowest BCUT2D eigenvalue weighted by Gasteiger charge is -1.90. The fourth-order valence-corrected chi connectivity index (χ4v) is 1.62. The summed E-state index contributed by atoms with van der Waals surface area (Å²) < 4.78 is 1.76. The normalized spacial score (nSPS) is 11.0. The highest BCUT2D eigenvalue weighted by Crippen LogP contribution is 2.24. The lowest BCUT2D eigenvalue weighted by Crippen LogP contribution is -1.84. The molecule has 5 heteroatoms. The molecule has 0 aliphatic carbocycles. The molecule has 0 aliphatic rings. The Morgan fingerprint density at radius 1 is 1.33 bits per heavy atom. The summed E-state index contributed by atoms with van der Waals surface area (Å²) in [5.74, 6) is 0. The monoisotopic (exact) mass is 199 g/mol. The highest BCUT2D eigenvalue weighted by Gasteiger charge is 2.08. The predicted octanol–water partition coefficient (Wildman–Crippen LogP) is 1.36. The Balaban J connectivity index is 2.27. The largest absolute Gasteiger partial charge is 0.277 e. The van der Waals surface area contributed by atoms with E-state index in [0.717, 1.165) is 22.2 Å². The van der Waals surface area contributed by atoms with Crippen LogP contribution in [-0.2, 0) is 7.05 Å². The lowest BCUT2D eigenvalue weighted by atomic mass is 10.2. The lowest BCUT2D eigenvalue weighted by molar-refractivity contribution is 0.768. The van der Waals surface area contributed by atoms with E-state index < -0.39 is 0 Å². The minimum absolute atomic E-state index is 0.895. The molecular weight excluding hydrogens is 190 g/mol. The number of hydrogen-bond acceptors (Lipinski definition) is 3. The number of aryl methyl sites for hydroxylation is 1. The number of H-pyrrole nitrogens is 1. The van der Waals surface area contributed by atoms with E-state index in [4.69, 9.17) is 0 Å². The topological polar surface area (TPSA) is 59.4 Å². The van der Waals surface area contributed by atoms with Crippen LogP contribution in [0.5, 0.6) is 0 Å². The highest BCUT2D eigenvalue weighted by molar-refractivity contribution is 5.91. The van der Waals surface area contributed by atoms with Gasteiger partial charge >= 0.3 is 0 Å². The Bertz CT molecular complexity index is 607. The number of rotatable bonds is 1. The molecule has 0 aliphatic heterocycles. The standard InChI is InChI=1S/C10H9N5/c1-15-6-7(4-12-15)10-8-5-11-3-2-9(8)13-14-10/h2-6H,1H3,(H,13,14). The molecule has 15 heavy (non-hydrogen) atoms. The number of pyridine rings is 1. The summed E-state index contributed by atoms with van der Waals surface area (Å²) in [6.45, 7) is 0. The van der Waals surface area contributed by atoms with Crippen LogP contribution in [0.3, 0.4) is 0 Å². The molecule has 74 valence electrons. The van der Waals surface area contributed by atoms with E-state index in [2.05, 4.69) is 20.3 Å². The predicted molar refractivity (Wildman–Crippen MR) is 56.1 cm³/mol. The van der Waals surface area contributed by atoms with Crippen molar-refractivity contribution < 1.29 is 0 Å². The van der Waals surface area contributed by atoms with Gasteiger partial charge in [0.05, 0.1) is 11.7 Å². The van der Waals surface area contributed by atoms with Gasteiger partial charge in [-0.1, -0.05) is 0 Å². The van der Waals surface area contributed by atoms with Crippen molar-refractivity contribution in [2.45, 2.75) is 0 Å². The van der Waals surface area contributed by atoms with Crippen LogP contribution in [0, 0.1) is 0 Å². The zero-order valence-corrected chi connectivity index (χ0v) is 8.18. The quantitative estimate of drug-likeness (QED) is 0.643. The molecule has 0 saturated carbocycles. The van der Waals surface area contributed by atoms with E-state index in [1.165, 1.54) is 0 Å². The first-order valence-corrected chi connectivity index (χ1v) is 4.62. The average Bonchev–Trinajstić information content (AvgIpc) is 2.83. The molecule has 0 amide bonds. The number of nitrogens with zero attached hydrogens (tertiary/aromatic N) is 4. The van der Waals surface area contributed by atoms with Gasteiger partial charge in [-0.2, -0.15) is 10.2 Å². The van der Waals surface area contributed by atoms with E-state index in [1.807, 2.05) is 19.3 Å². The maximum absolute atomic E-state index is 4.26. The van der Waals surface area contributed by atoms with Crippen molar-refractivity contribution in [3.05, 3.63) is 30.9 Å². The fraction of sp³-hybridized carbons (Fsp3) is 0.100. The molecule has 0 aromatic carbocycles. The molecule has 3 rings (SSSR count). The number of nitrogens with one attached hydrogen (secondary N) is 1. The molecule has 3 aromatic rings. The van der Waals surface area contributed by atoms with Crippen molar-refractivity contribution in [2.24, 2.45) is 7.05 Å². The molecule has 0 radical (unpaired) electrons. The molecule has 0 saturated heterocycles. The van der Waals surface area contributed by atoms with Gasteiger partial charge in [-0.25, -0.2) is 0 Å². The van der Waals surface area contributed by atoms with E-state index >= 15 is 0 Å². The van der Waals surface area contributed by atoms with Gasteiger partial charge < -0.3 is 0 Å². The maximum Gasteiger partial charge on any atom is 0.105 e. The van der Waals surface area contributed by atoms with Gasteiger partial charge in [0, 0.05) is 36.6 Å². The fourth-order valence-electron chi connectivity index (χ4n) is 1.62. The van der Waals surface area contributed by atoms with E-state index in [0.29, 0.717) is 0 Å². The smallest absolute Gasteiger partial charge is 0.105 e. The third-order valence-corrected chi connectivity index (χ3v) is 2.34. The van der Waals surface area contributed by atoms with Crippen molar-refractivity contribution in [3.63, 3.8) is 0 Å². The van der Waals surface area contributed by atoms with Crippen molar-refractivity contribution in [2.75, 3.05) is 0 Å². The van der Waals surface area contributed by atoms with Crippen LogP contribution < -0.4 is 0 Å². The van der Waals surface area contributed by atoms with Crippen molar-refractivity contribution in [1.82, 2.24) is 25.0 Å². The summed E-state index contributed by atoms with van der Waals surface area (Å²) in [7, 11) is 1.89. The van der Waals surface area contributed by atoms with E-state index in [1.54, 1.807) is 23.3 Å². The molecule has 0 bridgehead atoms. The van der Waals surface area contributed by atoms with Crippen molar-refractivity contribution in [3.8, 4) is 11.3 Å². The first-order valence-electron chi connectivity index (χ1n) is 4.62. The maximum atomic E-state index is 4.26. The molecule has 0 atom stereocenters. The van der Waals surface area contributed by atoms with Crippen LogP contribution in [0.2, 0.25) is 0 Å². The third kappa shape index (κ3) is 1.20. The second-order valence-corrected chi connectivity index (χ2v) is 3.40. The molecule has 0 unspecified atom stereocenters. The van der Waals surface area contributed by atoms with Gasteiger partial charge in [0.1, 0.15) is 5.69 Å². The highest BCUT2D eigenvalue weighted by atomic mass is 15.2. The molecule has 1 N–H and O–H groups in total.